The summed E-state index contributed by atoms with van der Waals surface area (Å²) < 4.78 is 16.9. The lowest BCUT2D eigenvalue weighted by atomic mass is 9.94. The van der Waals surface area contributed by atoms with Gasteiger partial charge in [-0.1, -0.05) is 72.8 Å². The normalized spacial score (nSPS) is 12.3. The molecule has 0 spiro atoms. The molecule has 0 N–H and O–H groups in total. The lowest BCUT2D eigenvalue weighted by Gasteiger charge is -2.28. The fraction of sp³-hybridized carbons (Fsp3) is 0.236. The summed E-state index contributed by atoms with van der Waals surface area (Å²) in [6, 6.07) is 43.8. The van der Waals surface area contributed by atoms with Gasteiger partial charge < -0.3 is 28.9 Å². The average Bonchev–Trinajstić information content (AvgIpc) is 3.37. The van der Waals surface area contributed by atoms with Crippen LogP contribution in [0.5, 0.6) is 0 Å². The van der Waals surface area contributed by atoms with Gasteiger partial charge in [0.2, 0.25) is 0 Å². The van der Waals surface area contributed by atoms with E-state index in [2.05, 4.69) is 52.1 Å². The number of hydrogen-bond donors (Lipinski definition) is 0. The molecule has 0 bridgehead atoms. The van der Waals surface area contributed by atoms with E-state index in [1.165, 1.54) is 18.2 Å². The monoisotopic (exact) mass is 894 g/mol. The number of anilines is 5. The second-order valence-electron chi connectivity index (χ2n) is 15.6. The quantitative estimate of drug-likeness (QED) is 0.0231. The third-order valence-corrected chi connectivity index (χ3v) is 10.8. The van der Waals surface area contributed by atoms with Crippen LogP contribution in [0, 0.1) is 29.9 Å². The van der Waals surface area contributed by atoms with Crippen LogP contribution in [0.2, 0.25) is 0 Å². The van der Waals surface area contributed by atoms with E-state index in [-0.39, 0.29) is 17.0 Å². The molecule has 0 atom stereocenters. The van der Waals surface area contributed by atoms with Crippen molar-refractivity contribution < 1.29 is 28.6 Å². The highest BCUT2D eigenvalue weighted by molar-refractivity contribution is 5.98. The zero-order chi connectivity index (χ0) is 48.2. The number of esters is 3. The molecule has 12 heteroatoms. The summed E-state index contributed by atoms with van der Waals surface area (Å²) in [5.74, 6) is -2.85. The zero-order valence-corrected chi connectivity index (χ0v) is 38.5. The summed E-state index contributed by atoms with van der Waals surface area (Å²) >= 11 is 0. The first kappa shape index (κ1) is 49.6. The summed E-state index contributed by atoms with van der Waals surface area (Å²) in [4.78, 5) is 53.5. The SMILES string of the molecule is [C-]#[N+]/C(=C\c1ccc(N(CC)CC)cc1)C(=O)OCC(C)(COC(=O)/C(=C/c1ccc(N(CC)CC)cc1)[N+]#[C-])COC(=O)/C(C#N)=C/c1ccc(N(c2ccccc2)c2ccccc2)cc1. The van der Waals surface area contributed by atoms with Gasteiger partial charge in [-0.05, 0) is 130 Å². The first-order valence-corrected chi connectivity index (χ1v) is 22.0. The van der Waals surface area contributed by atoms with Crippen molar-refractivity contribution in [3.8, 4) is 6.07 Å². The topological polar surface area (TPSA) is 121 Å². The van der Waals surface area contributed by atoms with E-state index < -0.39 is 43.1 Å². The van der Waals surface area contributed by atoms with Crippen LogP contribution in [0.3, 0.4) is 0 Å². The number of nitrogens with zero attached hydrogens (tertiary/aromatic N) is 6. The van der Waals surface area contributed by atoms with E-state index in [1.807, 2.05) is 103 Å². The maximum absolute atomic E-state index is 13.5. The third kappa shape index (κ3) is 13.8. The fourth-order valence-corrected chi connectivity index (χ4v) is 7.02. The maximum Gasteiger partial charge on any atom is 0.348 e. The molecule has 5 rings (SSSR count). The van der Waals surface area contributed by atoms with Crippen LogP contribution in [0.15, 0.2) is 150 Å². The van der Waals surface area contributed by atoms with Crippen LogP contribution in [0.25, 0.3) is 27.9 Å². The van der Waals surface area contributed by atoms with Crippen LogP contribution in [-0.2, 0) is 28.6 Å². The van der Waals surface area contributed by atoms with Crippen molar-refractivity contribution in [1.82, 2.24) is 0 Å². The minimum atomic E-state index is -1.39. The predicted molar refractivity (Wildman–Crippen MR) is 265 cm³/mol. The molecule has 0 fully saturated rings. The molecule has 0 amide bonds. The van der Waals surface area contributed by atoms with Crippen molar-refractivity contribution in [2.45, 2.75) is 34.6 Å². The van der Waals surface area contributed by atoms with E-state index in [0.29, 0.717) is 16.7 Å². The van der Waals surface area contributed by atoms with Crippen molar-refractivity contribution in [2.24, 2.45) is 5.41 Å². The molecular weight excluding hydrogens is 841 g/mol. The predicted octanol–water partition coefficient (Wildman–Crippen LogP) is 11.3. The highest BCUT2D eigenvalue weighted by atomic mass is 16.6. The molecule has 0 aromatic heterocycles. The molecule has 0 aliphatic rings. The van der Waals surface area contributed by atoms with Gasteiger partial charge in [-0.2, -0.15) is 5.26 Å². The van der Waals surface area contributed by atoms with Crippen molar-refractivity contribution in [2.75, 3.05) is 60.7 Å². The van der Waals surface area contributed by atoms with Gasteiger partial charge in [0.15, 0.2) is 0 Å². The molecule has 12 nitrogen and oxygen atoms in total. The molecule has 5 aromatic carbocycles. The highest BCUT2D eigenvalue weighted by Gasteiger charge is 2.33. The van der Waals surface area contributed by atoms with Gasteiger partial charge in [0.05, 0.1) is 18.6 Å². The van der Waals surface area contributed by atoms with E-state index in [1.54, 1.807) is 43.3 Å². The first-order valence-electron chi connectivity index (χ1n) is 22.0. The van der Waals surface area contributed by atoms with Crippen molar-refractivity contribution in [1.29, 1.82) is 5.26 Å². The van der Waals surface area contributed by atoms with Crippen LogP contribution < -0.4 is 14.7 Å². The number of para-hydroxylation sites is 2. The molecule has 340 valence electrons. The van der Waals surface area contributed by atoms with Crippen LogP contribution in [0.4, 0.5) is 28.4 Å². The Bertz CT molecular complexity index is 2530. The van der Waals surface area contributed by atoms with E-state index in [9.17, 15) is 19.6 Å². The molecule has 0 saturated heterocycles. The smallest absolute Gasteiger partial charge is 0.348 e. The fourth-order valence-electron chi connectivity index (χ4n) is 7.02. The summed E-state index contributed by atoms with van der Waals surface area (Å²) in [5, 5.41) is 10.1. The first-order chi connectivity index (χ1) is 32.5. The van der Waals surface area contributed by atoms with E-state index in [4.69, 9.17) is 27.4 Å². The number of benzene rings is 5. The van der Waals surface area contributed by atoms with Gasteiger partial charge in [0.1, 0.15) is 31.5 Å². The van der Waals surface area contributed by atoms with Gasteiger partial charge in [0, 0.05) is 54.6 Å². The lowest BCUT2D eigenvalue weighted by Crippen LogP contribution is -2.37. The van der Waals surface area contributed by atoms with Crippen molar-refractivity contribution in [3.05, 3.63) is 190 Å². The number of carbonyl (C=O) groups is 3. The Kier molecular flexibility index (Phi) is 18.2. The van der Waals surface area contributed by atoms with Gasteiger partial charge in [-0.3, -0.25) is 9.59 Å². The minimum Gasteiger partial charge on any atom is -0.470 e. The number of ether oxygens (including phenoxy) is 3. The molecule has 0 radical (unpaired) electrons. The van der Waals surface area contributed by atoms with Gasteiger partial charge in [0.25, 0.3) is 11.4 Å². The van der Waals surface area contributed by atoms with Crippen LogP contribution in [0.1, 0.15) is 51.3 Å². The maximum atomic E-state index is 13.5. The molecule has 5 aromatic rings. The third-order valence-electron chi connectivity index (χ3n) is 10.8. The van der Waals surface area contributed by atoms with Gasteiger partial charge >= 0.3 is 17.9 Å². The molecule has 0 saturated carbocycles. The second kappa shape index (κ2) is 24.6. The Morgan fingerprint density at radius 3 is 1.19 bits per heavy atom. The van der Waals surface area contributed by atoms with Gasteiger partial charge in [-0.15, -0.1) is 0 Å². The van der Waals surface area contributed by atoms with Crippen molar-refractivity contribution in [3.63, 3.8) is 0 Å². The van der Waals surface area contributed by atoms with Crippen molar-refractivity contribution >= 4 is 64.6 Å². The Hall–Kier alpha value is -8.40. The molecule has 0 heterocycles. The molecule has 0 aliphatic heterocycles. The average molecular weight is 895 g/mol. The van der Waals surface area contributed by atoms with Crippen LogP contribution >= 0.6 is 0 Å². The second-order valence-corrected chi connectivity index (χ2v) is 15.6. The number of carbonyl (C=O) groups excluding carboxylic acids is 3. The highest BCUT2D eigenvalue weighted by Crippen LogP contribution is 2.34. The van der Waals surface area contributed by atoms with E-state index >= 15 is 0 Å². The summed E-state index contributed by atoms with van der Waals surface area (Å²) in [6.07, 6.45) is 4.23. The standard InChI is InChI=1S/C55H54N6O6/c1-8-59(9-2)45-28-22-42(23-29-45)35-50(57-6)53(63)66-39-55(5,40-67-54(64)51(58-7)36-43-24-30-46(31-25-43)60(10-3)11-4)38-65-52(62)44(37-56)34-41-26-32-49(33-27-41)61(47-18-14-12-15-19-47)48-20-16-13-17-21-48/h12-36H,8-11,38-40H2,1-5H3/b44-34+,50-35-,51-36-. The Morgan fingerprint density at radius 1 is 0.522 bits per heavy atom. The van der Waals surface area contributed by atoms with Crippen LogP contribution in [-0.4, -0.2) is 63.9 Å². The largest absolute Gasteiger partial charge is 0.470 e. The lowest BCUT2D eigenvalue weighted by molar-refractivity contribution is -0.155. The Morgan fingerprint density at radius 2 is 0.851 bits per heavy atom. The summed E-state index contributed by atoms with van der Waals surface area (Å²) in [6.45, 7) is 27.1. The number of rotatable bonds is 21. The van der Waals surface area contributed by atoms with E-state index in [0.717, 1.165) is 54.6 Å². The summed E-state index contributed by atoms with van der Waals surface area (Å²) in [7, 11) is 0. The zero-order valence-electron chi connectivity index (χ0n) is 38.5. The molecule has 0 unspecified atom stereocenters. The molecular formula is C55H54N6O6. The Balaban J connectivity index is 1.34. The summed E-state index contributed by atoms with van der Waals surface area (Å²) in [5.41, 5.74) is 4.24. The van der Waals surface area contributed by atoms with Gasteiger partial charge in [-0.25, -0.2) is 14.5 Å². The Labute approximate surface area is 393 Å². The molecule has 0 aliphatic carbocycles. The number of hydrogen-bond acceptors (Lipinski definition) is 10. The number of nitriles is 1. The molecule has 67 heavy (non-hydrogen) atoms. The minimum absolute atomic E-state index is 0.298.